The Bertz CT molecular complexity index is 314. The largest absolute Gasteiger partial charge is 0.347 e. The van der Waals surface area contributed by atoms with Gasteiger partial charge in [-0.15, -0.1) is 0 Å². The van der Waals surface area contributed by atoms with Crippen LogP contribution in [0.2, 0.25) is 0 Å². The summed E-state index contributed by atoms with van der Waals surface area (Å²) in [5.41, 5.74) is 5.68. The Morgan fingerprint density at radius 3 is 1.94 bits per heavy atom. The zero-order valence-electron chi connectivity index (χ0n) is 11.5. The van der Waals surface area contributed by atoms with Gasteiger partial charge in [0.05, 0.1) is 6.04 Å². The van der Waals surface area contributed by atoms with Crippen molar-refractivity contribution >= 4 is 13.5 Å². The van der Waals surface area contributed by atoms with E-state index in [0.717, 1.165) is 0 Å². The first-order chi connectivity index (χ1) is 8.04. The van der Waals surface area contributed by atoms with Crippen molar-refractivity contribution < 1.29 is 19.1 Å². The monoisotopic (exact) mass is 280 g/mol. The maximum absolute atomic E-state index is 11.7. The summed E-state index contributed by atoms with van der Waals surface area (Å²) >= 11 is 0. The highest BCUT2D eigenvalue weighted by molar-refractivity contribution is 7.52. The molecule has 0 rings (SSSR count). The minimum atomic E-state index is -4.35. The zero-order chi connectivity index (χ0) is 14.5. The standard InChI is InChI=1S/C11H25N2O4P/c1-7(2)5-9(12)11(14)13-10(6-8(3)4)18(15,16)17/h7-10H,5-6,12H2,1-4H3,(H,13,14)(H2,15,16,17)/t9-,10+/m1/s1. The first-order valence-corrected chi connectivity index (χ1v) is 7.83. The van der Waals surface area contributed by atoms with Gasteiger partial charge in [0.15, 0.2) is 0 Å². The lowest BCUT2D eigenvalue weighted by Gasteiger charge is -2.23. The Kier molecular flexibility index (Phi) is 7.07. The number of carbonyl (C=O) groups is 1. The molecule has 7 heteroatoms. The second-order valence-electron chi connectivity index (χ2n) is 5.48. The van der Waals surface area contributed by atoms with Gasteiger partial charge < -0.3 is 20.8 Å². The van der Waals surface area contributed by atoms with E-state index in [0.29, 0.717) is 6.42 Å². The smallest absolute Gasteiger partial charge is 0.341 e. The van der Waals surface area contributed by atoms with Gasteiger partial charge in [-0.05, 0) is 24.7 Å². The zero-order valence-corrected chi connectivity index (χ0v) is 12.4. The fourth-order valence-electron chi connectivity index (χ4n) is 1.61. The molecule has 0 aliphatic rings. The number of hydrogen-bond donors (Lipinski definition) is 4. The van der Waals surface area contributed by atoms with E-state index in [1.54, 1.807) is 0 Å². The summed E-state index contributed by atoms with van der Waals surface area (Å²) < 4.78 is 11.3. The maximum atomic E-state index is 11.7. The van der Waals surface area contributed by atoms with Gasteiger partial charge in [-0.2, -0.15) is 0 Å². The van der Waals surface area contributed by atoms with Crippen LogP contribution in [0.25, 0.3) is 0 Å². The minimum Gasteiger partial charge on any atom is -0.341 e. The highest BCUT2D eigenvalue weighted by Gasteiger charge is 2.32. The molecule has 0 saturated heterocycles. The van der Waals surface area contributed by atoms with Crippen LogP contribution in [0.1, 0.15) is 40.5 Å². The predicted molar refractivity (Wildman–Crippen MR) is 70.9 cm³/mol. The average Bonchev–Trinajstić information content (AvgIpc) is 2.13. The Morgan fingerprint density at radius 2 is 1.61 bits per heavy atom. The van der Waals surface area contributed by atoms with Crippen molar-refractivity contribution in [1.29, 1.82) is 0 Å². The summed E-state index contributed by atoms with van der Waals surface area (Å²) in [6.45, 7) is 7.54. The van der Waals surface area contributed by atoms with E-state index in [1.165, 1.54) is 0 Å². The molecule has 0 saturated carbocycles. The maximum Gasteiger partial charge on any atom is 0.347 e. The van der Waals surface area contributed by atoms with Gasteiger partial charge in [-0.3, -0.25) is 9.36 Å². The predicted octanol–water partition coefficient (Wildman–Crippen LogP) is 1.03. The normalized spacial score (nSPS) is 15.8. The van der Waals surface area contributed by atoms with E-state index in [-0.39, 0.29) is 18.3 Å². The number of nitrogens with one attached hydrogen (secondary N) is 1. The number of nitrogens with two attached hydrogens (primary N) is 1. The van der Waals surface area contributed by atoms with Gasteiger partial charge in [-0.25, -0.2) is 0 Å². The van der Waals surface area contributed by atoms with Crippen molar-refractivity contribution in [3.05, 3.63) is 0 Å². The molecule has 0 spiro atoms. The van der Waals surface area contributed by atoms with Crippen molar-refractivity contribution in [2.75, 3.05) is 0 Å². The summed E-state index contributed by atoms with van der Waals surface area (Å²) in [4.78, 5) is 30.1. The molecule has 0 radical (unpaired) electrons. The SMILES string of the molecule is CC(C)C[C@@H](N)C(=O)N[C@H](CC(C)C)P(=O)(O)O. The summed E-state index contributed by atoms with van der Waals surface area (Å²) in [5, 5.41) is 2.37. The summed E-state index contributed by atoms with van der Waals surface area (Å²) in [6.07, 6.45) is 0.714. The first kappa shape index (κ1) is 17.6. The molecule has 6 nitrogen and oxygen atoms in total. The van der Waals surface area contributed by atoms with Crippen molar-refractivity contribution in [1.82, 2.24) is 5.32 Å². The second-order valence-corrected chi connectivity index (χ2v) is 7.28. The minimum absolute atomic E-state index is 0.0734. The summed E-state index contributed by atoms with van der Waals surface area (Å²) in [6, 6.07) is -0.730. The number of hydrogen-bond acceptors (Lipinski definition) is 3. The molecule has 1 amide bonds. The van der Waals surface area contributed by atoms with Crippen LogP contribution in [0, 0.1) is 11.8 Å². The Labute approximate surface area is 108 Å². The van der Waals surface area contributed by atoms with Gasteiger partial charge in [0.25, 0.3) is 0 Å². The fourth-order valence-corrected chi connectivity index (χ4v) is 2.60. The van der Waals surface area contributed by atoms with Gasteiger partial charge in [0, 0.05) is 0 Å². The van der Waals surface area contributed by atoms with Gasteiger partial charge >= 0.3 is 7.60 Å². The molecular formula is C11H25N2O4P. The van der Waals surface area contributed by atoms with E-state index < -0.39 is 25.3 Å². The molecule has 18 heavy (non-hydrogen) atoms. The highest BCUT2D eigenvalue weighted by atomic mass is 31.2. The lowest BCUT2D eigenvalue weighted by Crippen LogP contribution is -2.46. The van der Waals surface area contributed by atoms with Gasteiger partial charge in [0.2, 0.25) is 5.91 Å². The molecule has 0 aromatic heterocycles. The highest BCUT2D eigenvalue weighted by Crippen LogP contribution is 2.42. The average molecular weight is 280 g/mol. The van der Waals surface area contributed by atoms with Crippen molar-refractivity contribution in [2.24, 2.45) is 17.6 Å². The third kappa shape index (κ3) is 7.11. The van der Waals surface area contributed by atoms with Crippen LogP contribution in [0.5, 0.6) is 0 Å². The van der Waals surface area contributed by atoms with E-state index >= 15 is 0 Å². The third-order valence-corrected chi connectivity index (χ3v) is 3.62. The van der Waals surface area contributed by atoms with E-state index in [9.17, 15) is 19.1 Å². The van der Waals surface area contributed by atoms with Crippen molar-refractivity contribution in [2.45, 2.75) is 52.4 Å². The number of amides is 1. The number of rotatable bonds is 7. The molecule has 0 bridgehead atoms. The Morgan fingerprint density at radius 1 is 1.17 bits per heavy atom. The van der Waals surface area contributed by atoms with Crippen molar-refractivity contribution in [3.8, 4) is 0 Å². The molecule has 0 aliphatic heterocycles. The van der Waals surface area contributed by atoms with Gasteiger partial charge in [0.1, 0.15) is 5.78 Å². The molecule has 0 heterocycles. The molecule has 0 aliphatic carbocycles. The molecule has 0 fully saturated rings. The Balaban J connectivity index is 4.59. The molecule has 108 valence electrons. The quantitative estimate of drug-likeness (QED) is 0.520. The summed E-state index contributed by atoms with van der Waals surface area (Å²) in [5.74, 6) is -1.32. The van der Waals surface area contributed by atoms with Crippen LogP contribution in [0.15, 0.2) is 0 Å². The van der Waals surface area contributed by atoms with E-state index in [4.69, 9.17) is 5.73 Å². The van der Waals surface area contributed by atoms with Gasteiger partial charge in [-0.1, -0.05) is 27.7 Å². The first-order valence-electron chi connectivity index (χ1n) is 6.15. The van der Waals surface area contributed by atoms with Crippen LogP contribution in [0.4, 0.5) is 0 Å². The van der Waals surface area contributed by atoms with E-state index in [1.807, 2.05) is 27.7 Å². The van der Waals surface area contributed by atoms with Crippen LogP contribution < -0.4 is 11.1 Å². The van der Waals surface area contributed by atoms with E-state index in [2.05, 4.69) is 5.32 Å². The second kappa shape index (κ2) is 7.24. The van der Waals surface area contributed by atoms with Crippen LogP contribution in [0.3, 0.4) is 0 Å². The lowest BCUT2D eigenvalue weighted by atomic mass is 10.0. The van der Waals surface area contributed by atoms with Crippen LogP contribution in [-0.4, -0.2) is 27.5 Å². The summed E-state index contributed by atoms with van der Waals surface area (Å²) in [7, 11) is -4.35. The third-order valence-electron chi connectivity index (χ3n) is 2.47. The molecule has 2 atom stereocenters. The van der Waals surface area contributed by atoms with Crippen LogP contribution in [-0.2, 0) is 9.36 Å². The lowest BCUT2D eigenvalue weighted by molar-refractivity contribution is -0.123. The van der Waals surface area contributed by atoms with Crippen molar-refractivity contribution in [3.63, 3.8) is 0 Å². The molecule has 0 aromatic carbocycles. The molecule has 0 aromatic rings. The topological polar surface area (TPSA) is 113 Å². The molecule has 0 unspecified atom stereocenters. The fraction of sp³-hybridized carbons (Fsp3) is 0.909. The molecule has 5 N–H and O–H groups in total. The Hall–Kier alpha value is -0.420. The number of carbonyl (C=O) groups excluding carboxylic acids is 1. The van der Waals surface area contributed by atoms with Crippen LogP contribution >= 0.6 is 7.60 Å². The molecular weight excluding hydrogens is 255 g/mol.